The Kier molecular flexibility index (Phi) is 5.14. The zero-order valence-electron chi connectivity index (χ0n) is 14.1. The Labute approximate surface area is 146 Å². The van der Waals surface area contributed by atoms with E-state index in [-0.39, 0.29) is 11.6 Å². The fourth-order valence-corrected chi connectivity index (χ4v) is 3.41. The minimum atomic E-state index is -0.417. The lowest BCUT2D eigenvalue weighted by Crippen LogP contribution is -2.50. The largest absolute Gasteiger partial charge is 0.363 e. The van der Waals surface area contributed by atoms with Gasteiger partial charge in [0, 0.05) is 45.3 Å². The van der Waals surface area contributed by atoms with Crippen LogP contribution >= 0.6 is 0 Å². The lowest BCUT2D eigenvalue weighted by molar-refractivity contribution is -0.384. The molecule has 0 aromatic heterocycles. The maximum absolute atomic E-state index is 12.2. The van der Waals surface area contributed by atoms with Crippen molar-refractivity contribution in [3.63, 3.8) is 0 Å². The van der Waals surface area contributed by atoms with Crippen molar-refractivity contribution in [2.45, 2.75) is 12.8 Å². The van der Waals surface area contributed by atoms with Crippen molar-refractivity contribution < 1.29 is 9.72 Å². The molecule has 1 aromatic carbocycles. The van der Waals surface area contributed by atoms with Crippen molar-refractivity contribution in [3.8, 4) is 6.07 Å². The molecule has 25 heavy (non-hydrogen) atoms. The Bertz CT molecular complexity index is 701. The molecule has 8 heteroatoms. The van der Waals surface area contributed by atoms with Crippen molar-refractivity contribution >= 4 is 17.3 Å². The number of nitro benzene ring substituents is 1. The van der Waals surface area contributed by atoms with Crippen LogP contribution in [0.2, 0.25) is 0 Å². The first-order valence-electron chi connectivity index (χ1n) is 8.52. The smallest absolute Gasteiger partial charge is 0.292 e. The Balaban J connectivity index is 1.63. The fraction of sp³-hybridized carbons (Fsp3) is 0.529. The lowest BCUT2D eigenvalue weighted by atomic mass is 10.1. The topological polar surface area (TPSA) is 93.7 Å². The number of piperazine rings is 1. The van der Waals surface area contributed by atoms with E-state index in [0.29, 0.717) is 44.0 Å². The van der Waals surface area contributed by atoms with E-state index in [9.17, 15) is 14.9 Å². The summed E-state index contributed by atoms with van der Waals surface area (Å²) < 4.78 is 0. The van der Waals surface area contributed by atoms with Gasteiger partial charge in [-0.1, -0.05) is 0 Å². The third-order valence-electron chi connectivity index (χ3n) is 4.83. The molecule has 3 rings (SSSR count). The van der Waals surface area contributed by atoms with Crippen molar-refractivity contribution in [3.05, 3.63) is 33.9 Å². The molecule has 1 aromatic rings. The SMILES string of the molecule is N#Cc1ccc([N+](=O)[O-])c(N2CCN(CC(=O)N3CCCC3)CC2)c1. The van der Waals surface area contributed by atoms with Crippen LogP contribution in [0.1, 0.15) is 18.4 Å². The van der Waals surface area contributed by atoms with Crippen LogP contribution < -0.4 is 4.90 Å². The van der Waals surface area contributed by atoms with Crippen molar-refractivity contribution in [1.82, 2.24) is 9.80 Å². The number of benzene rings is 1. The third kappa shape index (κ3) is 3.88. The van der Waals surface area contributed by atoms with Gasteiger partial charge in [-0.25, -0.2) is 0 Å². The summed E-state index contributed by atoms with van der Waals surface area (Å²) >= 11 is 0. The number of anilines is 1. The van der Waals surface area contributed by atoms with Crippen LogP contribution in [0.4, 0.5) is 11.4 Å². The van der Waals surface area contributed by atoms with E-state index in [1.807, 2.05) is 15.9 Å². The van der Waals surface area contributed by atoms with Crippen molar-refractivity contribution in [1.29, 1.82) is 5.26 Å². The fourth-order valence-electron chi connectivity index (χ4n) is 3.41. The molecule has 0 radical (unpaired) electrons. The number of hydrogen-bond donors (Lipinski definition) is 0. The van der Waals surface area contributed by atoms with Gasteiger partial charge in [-0.2, -0.15) is 5.26 Å². The number of nitriles is 1. The minimum absolute atomic E-state index is 0.0144. The van der Waals surface area contributed by atoms with Crippen LogP contribution in [0.25, 0.3) is 0 Å². The molecule has 8 nitrogen and oxygen atoms in total. The number of likely N-dealkylation sites (tertiary alicyclic amines) is 1. The van der Waals surface area contributed by atoms with Gasteiger partial charge in [-0.15, -0.1) is 0 Å². The van der Waals surface area contributed by atoms with Gasteiger partial charge in [0.25, 0.3) is 5.69 Å². The molecule has 0 aliphatic carbocycles. The van der Waals surface area contributed by atoms with Gasteiger partial charge < -0.3 is 9.80 Å². The Morgan fingerprint density at radius 1 is 1.16 bits per heavy atom. The molecule has 132 valence electrons. The molecule has 0 saturated carbocycles. The second kappa shape index (κ2) is 7.49. The molecule has 2 saturated heterocycles. The lowest BCUT2D eigenvalue weighted by Gasteiger charge is -2.36. The highest BCUT2D eigenvalue weighted by Crippen LogP contribution is 2.30. The molecule has 0 N–H and O–H groups in total. The number of carbonyl (C=O) groups is 1. The summed E-state index contributed by atoms with van der Waals surface area (Å²) in [4.78, 5) is 29.0. The second-order valence-electron chi connectivity index (χ2n) is 6.42. The van der Waals surface area contributed by atoms with E-state index in [4.69, 9.17) is 5.26 Å². The first kappa shape index (κ1) is 17.2. The number of amides is 1. The Morgan fingerprint density at radius 2 is 1.84 bits per heavy atom. The van der Waals surface area contributed by atoms with Crippen LogP contribution in [-0.2, 0) is 4.79 Å². The number of nitrogens with zero attached hydrogens (tertiary/aromatic N) is 5. The van der Waals surface area contributed by atoms with E-state index >= 15 is 0 Å². The summed E-state index contributed by atoms with van der Waals surface area (Å²) in [6, 6.07) is 6.45. The highest BCUT2D eigenvalue weighted by Gasteiger charge is 2.26. The normalized spacial score (nSPS) is 18.2. The van der Waals surface area contributed by atoms with Gasteiger partial charge in [0.15, 0.2) is 0 Å². The monoisotopic (exact) mass is 343 g/mol. The summed E-state index contributed by atoms with van der Waals surface area (Å²) in [5.74, 6) is 0.170. The maximum Gasteiger partial charge on any atom is 0.292 e. The van der Waals surface area contributed by atoms with Gasteiger partial charge in [-0.05, 0) is 25.0 Å². The predicted molar refractivity (Wildman–Crippen MR) is 92.3 cm³/mol. The molecule has 2 fully saturated rings. The summed E-state index contributed by atoms with van der Waals surface area (Å²) in [6.45, 7) is 4.67. The van der Waals surface area contributed by atoms with Crippen LogP contribution in [0.5, 0.6) is 0 Å². The summed E-state index contributed by atoms with van der Waals surface area (Å²) in [5, 5.41) is 20.3. The summed E-state index contributed by atoms with van der Waals surface area (Å²) in [6.07, 6.45) is 2.16. The third-order valence-corrected chi connectivity index (χ3v) is 4.83. The second-order valence-corrected chi connectivity index (χ2v) is 6.42. The van der Waals surface area contributed by atoms with Crippen molar-refractivity contribution in [2.24, 2.45) is 0 Å². The van der Waals surface area contributed by atoms with E-state index < -0.39 is 4.92 Å². The van der Waals surface area contributed by atoms with E-state index in [0.717, 1.165) is 25.9 Å². The molecule has 2 aliphatic rings. The number of carbonyl (C=O) groups excluding carboxylic acids is 1. The van der Waals surface area contributed by atoms with E-state index in [1.54, 1.807) is 6.07 Å². The van der Waals surface area contributed by atoms with Crippen LogP contribution in [0.3, 0.4) is 0 Å². The van der Waals surface area contributed by atoms with Crippen LogP contribution in [0.15, 0.2) is 18.2 Å². The highest BCUT2D eigenvalue weighted by atomic mass is 16.6. The molecule has 2 aliphatic heterocycles. The zero-order chi connectivity index (χ0) is 17.8. The molecule has 0 unspecified atom stereocenters. The average Bonchev–Trinajstić information content (AvgIpc) is 3.16. The maximum atomic E-state index is 12.2. The van der Waals surface area contributed by atoms with Gasteiger partial charge in [0.1, 0.15) is 5.69 Å². The van der Waals surface area contributed by atoms with Crippen molar-refractivity contribution in [2.75, 3.05) is 50.7 Å². The number of nitro groups is 1. The molecule has 2 heterocycles. The predicted octanol–water partition coefficient (Wildman–Crippen LogP) is 1.21. The standard InChI is InChI=1S/C17H21N5O3/c18-12-14-3-4-15(22(24)25)16(11-14)20-9-7-19(8-10-20)13-17(23)21-5-1-2-6-21/h3-4,11H,1-2,5-10,13H2. The quantitative estimate of drug-likeness (QED) is 0.602. The highest BCUT2D eigenvalue weighted by molar-refractivity contribution is 5.78. The summed E-state index contributed by atoms with van der Waals surface area (Å²) in [5.41, 5.74) is 0.905. The van der Waals surface area contributed by atoms with Gasteiger partial charge >= 0.3 is 0 Å². The Morgan fingerprint density at radius 3 is 2.44 bits per heavy atom. The van der Waals surface area contributed by atoms with E-state index in [2.05, 4.69) is 4.90 Å². The number of hydrogen-bond acceptors (Lipinski definition) is 6. The minimum Gasteiger partial charge on any atom is -0.363 e. The molecular formula is C17H21N5O3. The van der Waals surface area contributed by atoms with Crippen LogP contribution in [0, 0.1) is 21.4 Å². The summed E-state index contributed by atoms with van der Waals surface area (Å²) in [7, 11) is 0. The van der Waals surface area contributed by atoms with E-state index in [1.165, 1.54) is 12.1 Å². The first-order chi connectivity index (χ1) is 12.1. The zero-order valence-corrected chi connectivity index (χ0v) is 14.1. The molecule has 0 bridgehead atoms. The van der Waals surface area contributed by atoms with Crippen LogP contribution in [-0.4, -0.2) is 66.4 Å². The molecular weight excluding hydrogens is 322 g/mol. The van der Waals surface area contributed by atoms with Gasteiger partial charge in [-0.3, -0.25) is 19.8 Å². The average molecular weight is 343 g/mol. The number of rotatable bonds is 4. The molecule has 0 atom stereocenters. The molecule has 1 amide bonds. The van der Waals surface area contributed by atoms with Gasteiger partial charge in [0.2, 0.25) is 5.91 Å². The Hall–Kier alpha value is -2.66. The van der Waals surface area contributed by atoms with Gasteiger partial charge in [0.05, 0.1) is 23.1 Å². The first-order valence-corrected chi connectivity index (χ1v) is 8.52. The molecule has 0 spiro atoms.